The number of carbonyl (C=O) groups excluding carboxylic acids is 1. The Morgan fingerprint density at radius 1 is 1.10 bits per heavy atom. The molecule has 1 aliphatic heterocycles. The summed E-state index contributed by atoms with van der Waals surface area (Å²) in [5.74, 6) is -0.247. The number of carbonyl (C=O) groups is 1. The molecule has 2 nitrogen and oxygen atoms in total. The first kappa shape index (κ1) is 15.5. The summed E-state index contributed by atoms with van der Waals surface area (Å²) in [6, 6.07) is 9.16. The van der Waals surface area contributed by atoms with Crippen LogP contribution in [0.2, 0.25) is 0 Å². The van der Waals surface area contributed by atoms with E-state index in [0.717, 1.165) is 0 Å². The molecule has 0 spiro atoms. The number of hydrogen-bond acceptors (Lipinski definition) is 4. The molecular weight excluding hydrogens is 288 g/mol. The summed E-state index contributed by atoms with van der Waals surface area (Å²) >= 11 is 3.51. The van der Waals surface area contributed by atoms with Crippen molar-refractivity contribution >= 4 is 29.5 Å². The number of rotatable bonds is 2. The van der Waals surface area contributed by atoms with Crippen molar-refractivity contribution in [3.63, 3.8) is 0 Å². The Bertz CT molecular complexity index is 487. The second-order valence-electron chi connectivity index (χ2n) is 4.98. The first-order chi connectivity index (χ1) is 9.49. The molecule has 4 unspecified atom stereocenters. The van der Waals surface area contributed by atoms with Gasteiger partial charge in [-0.05, 0) is 32.9 Å². The molecule has 0 N–H and O–H groups in total. The topological polar surface area (TPSA) is 26.3 Å². The average molecular weight is 308 g/mol. The van der Waals surface area contributed by atoms with Crippen LogP contribution in [-0.4, -0.2) is 27.2 Å². The fourth-order valence-electron chi connectivity index (χ4n) is 2.07. The van der Waals surface area contributed by atoms with Gasteiger partial charge in [0, 0.05) is 15.7 Å². The molecule has 1 saturated heterocycles. The van der Waals surface area contributed by atoms with Gasteiger partial charge in [0.05, 0.1) is 5.56 Å². The van der Waals surface area contributed by atoms with Gasteiger partial charge in [-0.15, -0.1) is 23.5 Å². The predicted octanol–water partition coefficient (Wildman–Crippen LogP) is 4.37. The molecule has 0 aliphatic carbocycles. The lowest BCUT2D eigenvalue weighted by molar-refractivity contribution is 0.0461. The van der Waals surface area contributed by atoms with E-state index in [0.29, 0.717) is 16.1 Å². The highest BCUT2D eigenvalue weighted by atomic mass is 32.2. The van der Waals surface area contributed by atoms with Crippen LogP contribution in [0, 0.1) is 0 Å². The standard InChI is InChI=1S/C16H20O2S2/c1-10-11(2)19-13(4)16(20-12(10)3)18-15(17)14-8-6-5-7-9-14/h5-9,11-13,16H,1H2,2-4H3. The van der Waals surface area contributed by atoms with Crippen molar-refractivity contribution in [1.29, 1.82) is 0 Å². The van der Waals surface area contributed by atoms with E-state index in [1.165, 1.54) is 5.57 Å². The third-order valence-corrected chi connectivity index (χ3v) is 6.46. The lowest BCUT2D eigenvalue weighted by Gasteiger charge is -2.22. The van der Waals surface area contributed by atoms with E-state index in [4.69, 9.17) is 4.74 Å². The molecule has 2 rings (SSSR count). The molecule has 1 fully saturated rings. The van der Waals surface area contributed by atoms with Gasteiger partial charge in [-0.25, -0.2) is 4.79 Å². The Balaban J connectivity index is 2.08. The Labute approximate surface area is 129 Å². The maximum absolute atomic E-state index is 12.2. The molecule has 1 aromatic rings. The molecule has 4 atom stereocenters. The Hall–Kier alpha value is -0.870. The highest BCUT2D eigenvalue weighted by Crippen LogP contribution is 2.41. The van der Waals surface area contributed by atoms with E-state index in [1.54, 1.807) is 23.9 Å². The number of esters is 1. The Morgan fingerprint density at radius 2 is 1.70 bits per heavy atom. The highest BCUT2D eigenvalue weighted by molar-refractivity contribution is 8.05. The zero-order valence-electron chi connectivity index (χ0n) is 12.0. The fraction of sp³-hybridized carbons (Fsp3) is 0.438. The molecule has 0 saturated carbocycles. The van der Waals surface area contributed by atoms with Gasteiger partial charge in [0.1, 0.15) is 0 Å². The summed E-state index contributed by atoms with van der Waals surface area (Å²) in [6.07, 6.45) is 0. The van der Waals surface area contributed by atoms with Crippen LogP contribution in [0.4, 0.5) is 0 Å². The van der Waals surface area contributed by atoms with E-state index in [1.807, 2.05) is 30.0 Å². The number of ether oxygens (including phenoxy) is 1. The van der Waals surface area contributed by atoms with Crippen molar-refractivity contribution in [2.75, 3.05) is 0 Å². The maximum atomic E-state index is 12.2. The zero-order chi connectivity index (χ0) is 14.7. The molecule has 0 amide bonds. The normalized spacial score (nSPS) is 30.6. The third kappa shape index (κ3) is 3.61. The number of hydrogen-bond donors (Lipinski definition) is 0. The van der Waals surface area contributed by atoms with E-state index in [9.17, 15) is 4.79 Å². The lowest BCUT2D eigenvalue weighted by atomic mass is 10.2. The molecule has 20 heavy (non-hydrogen) atoms. The monoisotopic (exact) mass is 308 g/mol. The molecular formula is C16H20O2S2. The number of thioether (sulfide) groups is 2. The van der Waals surface area contributed by atoms with Crippen LogP contribution >= 0.6 is 23.5 Å². The smallest absolute Gasteiger partial charge is 0.339 e. The second kappa shape index (κ2) is 6.72. The minimum absolute atomic E-state index is 0.135. The molecule has 0 aromatic heterocycles. The fourth-order valence-corrected chi connectivity index (χ4v) is 4.90. The SMILES string of the molecule is C=C1C(C)SC(C)C(OC(=O)c2ccccc2)SC1C. The van der Waals surface area contributed by atoms with Crippen LogP contribution in [0.1, 0.15) is 31.1 Å². The van der Waals surface area contributed by atoms with Crippen LogP contribution in [0.5, 0.6) is 0 Å². The van der Waals surface area contributed by atoms with Gasteiger partial charge in [0.15, 0.2) is 5.44 Å². The summed E-state index contributed by atoms with van der Waals surface area (Å²) in [4.78, 5) is 12.2. The maximum Gasteiger partial charge on any atom is 0.339 e. The minimum Gasteiger partial charge on any atom is -0.446 e. The molecule has 4 heteroatoms. The van der Waals surface area contributed by atoms with Gasteiger partial charge in [-0.2, -0.15) is 0 Å². The summed E-state index contributed by atoms with van der Waals surface area (Å²) in [5, 5.41) is 0.952. The summed E-state index contributed by atoms with van der Waals surface area (Å²) in [5.41, 5.74) is 1.68. The highest BCUT2D eigenvalue weighted by Gasteiger charge is 2.32. The third-order valence-electron chi connectivity index (χ3n) is 3.42. The Morgan fingerprint density at radius 3 is 2.35 bits per heavy atom. The Kier molecular flexibility index (Phi) is 5.22. The van der Waals surface area contributed by atoms with Crippen LogP contribution in [0.3, 0.4) is 0 Å². The van der Waals surface area contributed by atoms with Gasteiger partial charge in [0.25, 0.3) is 0 Å². The van der Waals surface area contributed by atoms with Crippen molar-refractivity contribution in [2.45, 2.75) is 42.0 Å². The van der Waals surface area contributed by atoms with Gasteiger partial charge in [-0.1, -0.05) is 30.4 Å². The van der Waals surface area contributed by atoms with Gasteiger partial charge >= 0.3 is 5.97 Å². The van der Waals surface area contributed by atoms with Crippen LogP contribution in [-0.2, 0) is 4.74 Å². The molecule has 108 valence electrons. The van der Waals surface area contributed by atoms with Crippen LogP contribution in [0.15, 0.2) is 42.5 Å². The van der Waals surface area contributed by atoms with E-state index >= 15 is 0 Å². The van der Waals surface area contributed by atoms with Gasteiger partial charge in [0.2, 0.25) is 0 Å². The van der Waals surface area contributed by atoms with E-state index in [-0.39, 0.29) is 16.7 Å². The molecule has 0 bridgehead atoms. The summed E-state index contributed by atoms with van der Waals surface area (Å²) < 4.78 is 5.70. The van der Waals surface area contributed by atoms with E-state index < -0.39 is 0 Å². The quantitative estimate of drug-likeness (QED) is 0.598. The van der Waals surface area contributed by atoms with Crippen molar-refractivity contribution in [2.24, 2.45) is 0 Å². The van der Waals surface area contributed by atoms with E-state index in [2.05, 4.69) is 27.4 Å². The molecule has 0 radical (unpaired) electrons. The molecule has 1 aromatic carbocycles. The van der Waals surface area contributed by atoms with Crippen LogP contribution < -0.4 is 0 Å². The van der Waals surface area contributed by atoms with Crippen molar-refractivity contribution in [1.82, 2.24) is 0 Å². The molecule has 1 aliphatic rings. The second-order valence-corrected chi connectivity index (χ2v) is 8.14. The average Bonchev–Trinajstić information content (AvgIpc) is 2.53. The summed E-state index contributed by atoms with van der Waals surface area (Å²) in [6.45, 7) is 10.6. The van der Waals surface area contributed by atoms with Crippen molar-refractivity contribution in [3.05, 3.63) is 48.0 Å². The van der Waals surface area contributed by atoms with Gasteiger partial charge < -0.3 is 4.74 Å². The minimum atomic E-state index is -0.247. The lowest BCUT2D eigenvalue weighted by Crippen LogP contribution is -2.24. The van der Waals surface area contributed by atoms with Crippen molar-refractivity contribution < 1.29 is 9.53 Å². The largest absolute Gasteiger partial charge is 0.446 e. The first-order valence-corrected chi connectivity index (χ1v) is 8.63. The molecule has 1 heterocycles. The predicted molar refractivity (Wildman–Crippen MR) is 88.4 cm³/mol. The van der Waals surface area contributed by atoms with Gasteiger partial charge in [-0.3, -0.25) is 0 Å². The van der Waals surface area contributed by atoms with Crippen molar-refractivity contribution in [3.8, 4) is 0 Å². The first-order valence-electron chi connectivity index (χ1n) is 6.74. The summed E-state index contributed by atoms with van der Waals surface area (Å²) in [7, 11) is 0. The number of benzene rings is 1. The van der Waals surface area contributed by atoms with Crippen LogP contribution in [0.25, 0.3) is 0 Å². The zero-order valence-corrected chi connectivity index (χ0v) is 13.7.